The fraction of sp³-hybridized carbons (Fsp3) is 0.375. The monoisotopic (exact) mass is 509 g/mol. The molecule has 0 spiro atoms. The maximum absolute atomic E-state index is 12.7. The third-order valence-electron chi connectivity index (χ3n) is 6.55. The number of urea groups is 1. The SMILES string of the molecule is CN(CCO)c1cc(C=C2SC(=O)NC2=O)nc(N2CC3CN(C(=O)Nc4ccccc4)CC3C2)n1. The molecule has 4 amide bonds. The van der Waals surface area contributed by atoms with E-state index in [9.17, 15) is 19.5 Å². The molecule has 188 valence electrons. The number of nitrogens with one attached hydrogen (secondary N) is 2. The third kappa shape index (κ3) is 5.14. The second-order valence-electron chi connectivity index (χ2n) is 9.07. The Morgan fingerprint density at radius 3 is 2.56 bits per heavy atom. The first-order valence-corrected chi connectivity index (χ1v) is 12.5. The van der Waals surface area contributed by atoms with Crippen LogP contribution in [0.1, 0.15) is 5.69 Å². The van der Waals surface area contributed by atoms with Crippen molar-refractivity contribution in [2.45, 2.75) is 0 Å². The largest absolute Gasteiger partial charge is 0.395 e. The average molecular weight is 510 g/mol. The second kappa shape index (κ2) is 10.2. The van der Waals surface area contributed by atoms with Gasteiger partial charge in [-0.3, -0.25) is 14.9 Å². The van der Waals surface area contributed by atoms with Gasteiger partial charge in [0.25, 0.3) is 11.1 Å². The highest BCUT2D eigenvalue weighted by atomic mass is 32.2. The number of nitrogens with zero attached hydrogens (tertiary/aromatic N) is 5. The summed E-state index contributed by atoms with van der Waals surface area (Å²) >= 11 is 0.839. The molecule has 2 unspecified atom stereocenters. The van der Waals surface area contributed by atoms with E-state index in [1.807, 2.05) is 47.2 Å². The second-order valence-corrected chi connectivity index (χ2v) is 10.1. The Morgan fingerprint density at radius 2 is 1.92 bits per heavy atom. The first-order valence-electron chi connectivity index (χ1n) is 11.7. The third-order valence-corrected chi connectivity index (χ3v) is 7.36. The van der Waals surface area contributed by atoms with Crippen LogP contribution < -0.4 is 20.4 Å². The van der Waals surface area contributed by atoms with Crippen LogP contribution >= 0.6 is 11.8 Å². The molecule has 2 aromatic rings. The lowest BCUT2D eigenvalue weighted by atomic mass is 10.0. The summed E-state index contributed by atoms with van der Waals surface area (Å²) < 4.78 is 0. The highest BCUT2D eigenvalue weighted by Crippen LogP contribution is 2.34. The van der Waals surface area contributed by atoms with Gasteiger partial charge in [-0.25, -0.2) is 9.78 Å². The van der Waals surface area contributed by atoms with Gasteiger partial charge in [0.2, 0.25) is 5.95 Å². The van der Waals surface area contributed by atoms with Crippen LogP contribution in [-0.2, 0) is 4.79 Å². The van der Waals surface area contributed by atoms with E-state index in [0.29, 0.717) is 62.0 Å². The van der Waals surface area contributed by atoms with Crippen molar-refractivity contribution in [3.8, 4) is 0 Å². The molecule has 3 saturated heterocycles. The number of hydrogen-bond acceptors (Lipinski definition) is 9. The van der Waals surface area contributed by atoms with Crippen molar-refractivity contribution >= 4 is 52.5 Å². The highest BCUT2D eigenvalue weighted by molar-refractivity contribution is 8.18. The van der Waals surface area contributed by atoms with E-state index in [-0.39, 0.29) is 17.5 Å². The molecular formula is C24H27N7O4S. The number of carbonyl (C=O) groups excluding carboxylic acids is 3. The molecule has 3 aliphatic rings. The molecule has 12 heteroatoms. The number of rotatable bonds is 6. The fourth-order valence-corrected chi connectivity index (χ4v) is 5.38. The molecule has 0 aliphatic carbocycles. The fourth-order valence-electron chi connectivity index (χ4n) is 4.72. The number of aromatic nitrogens is 2. The van der Waals surface area contributed by atoms with Gasteiger partial charge in [0.1, 0.15) is 5.82 Å². The number of carbonyl (C=O) groups is 3. The molecule has 0 radical (unpaired) electrons. The number of benzene rings is 1. The summed E-state index contributed by atoms with van der Waals surface area (Å²) in [5.74, 6) is 1.28. The number of thioether (sulfide) groups is 1. The number of amides is 4. The lowest BCUT2D eigenvalue weighted by Crippen LogP contribution is -2.36. The first-order chi connectivity index (χ1) is 17.4. The van der Waals surface area contributed by atoms with Crippen molar-refractivity contribution in [3.63, 3.8) is 0 Å². The molecule has 36 heavy (non-hydrogen) atoms. The molecule has 5 rings (SSSR count). The summed E-state index contributed by atoms with van der Waals surface area (Å²) in [5, 5.41) is 14.2. The number of imide groups is 1. The first kappa shape index (κ1) is 24.1. The van der Waals surface area contributed by atoms with Crippen LogP contribution in [0.2, 0.25) is 0 Å². The maximum Gasteiger partial charge on any atom is 0.321 e. The number of likely N-dealkylation sites (tertiary alicyclic amines) is 1. The van der Waals surface area contributed by atoms with Gasteiger partial charge >= 0.3 is 6.03 Å². The molecule has 3 aliphatic heterocycles. The Balaban J connectivity index is 1.31. The number of fused-ring (bicyclic) bond motifs is 1. The Hall–Kier alpha value is -3.64. The van der Waals surface area contributed by atoms with Gasteiger partial charge in [-0.2, -0.15) is 4.98 Å². The summed E-state index contributed by atoms with van der Waals surface area (Å²) in [7, 11) is 1.82. The van der Waals surface area contributed by atoms with Crippen LogP contribution in [0.15, 0.2) is 41.3 Å². The summed E-state index contributed by atoms with van der Waals surface area (Å²) in [6.07, 6.45) is 1.58. The van der Waals surface area contributed by atoms with Gasteiger partial charge in [0, 0.05) is 63.4 Å². The quantitative estimate of drug-likeness (QED) is 0.499. The van der Waals surface area contributed by atoms with Crippen LogP contribution in [0.25, 0.3) is 6.08 Å². The normalized spacial score (nSPS) is 22.2. The Kier molecular flexibility index (Phi) is 6.79. The van der Waals surface area contributed by atoms with Crippen molar-refractivity contribution in [1.29, 1.82) is 0 Å². The van der Waals surface area contributed by atoms with Gasteiger partial charge in [0.15, 0.2) is 0 Å². The molecule has 11 nitrogen and oxygen atoms in total. The van der Waals surface area contributed by atoms with Crippen molar-refractivity contribution in [2.24, 2.45) is 11.8 Å². The van der Waals surface area contributed by atoms with Crippen molar-refractivity contribution < 1.29 is 19.5 Å². The summed E-state index contributed by atoms with van der Waals surface area (Å²) in [6.45, 7) is 3.07. The highest BCUT2D eigenvalue weighted by Gasteiger charge is 2.42. The van der Waals surface area contributed by atoms with Gasteiger partial charge in [-0.15, -0.1) is 0 Å². The van der Waals surface area contributed by atoms with Gasteiger partial charge in [-0.1, -0.05) is 18.2 Å². The van der Waals surface area contributed by atoms with Crippen molar-refractivity contribution in [1.82, 2.24) is 20.2 Å². The van der Waals surface area contributed by atoms with E-state index in [2.05, 4.69) is 20.5 Å². The molecule has 1 aromatic carbocycles. The van der Waals surface area contributed by atoms with Gasteiger partial charge < -0.3 is 25.1 Å². The zero-order valence-corrected chi connectivity index (χ0v) is 20.6. The van der Waals surface area contributed by atoms with E-state index < -0.39 is 11.1 Å². The Bertz CT molecular complexity index is 1190. The van der Waals surface area contributed by atoms with Crippen molar-refractivity contribution in [3.05, 3.63) is 47.0 Å². The number of anilines is 3. The van der Waals surface area contributed by atoms with E-state index in [0.717, 1.165) is 17.4 Å². The standard InChI is InChI=1S/C24H27N7O4S/c1-29(7-8-32)20-10-18(9-19-21(33)28-24(35)36-19)25-22(27-20)30-11-15-13-31(14-16(15)12-30)23(34)26-17-5-3-2-4-6-17/h2-6,9-10,15-16,32H,7-8,11-14H2,1H3,(H,26,34)(H,28,33,35). The topological polar surface area (TPSA) is 131 Å². The van der Waals surface area contributed by atoms with Crippen LogP contribution in [-0.4, -0.2) is 83.5 Å². The summed E-state index contributed by atoms with van der Waals surface area (Å²) in [5.41, 5.74) is 1.28. The number of aliphatic hydroxyl groups excluding tert-OH is 1. The van der Waals surface area contributed by atoms with Gasteiger partial charge in [-0.05, 0) is 30.0 Å². The Labute approximate surface area is 212 Å². The smallest absolute Gasteiger partial charge is 0.321 e. The summed E-state index contributed by atoms with van der Waals surface area (Å²) in [6, 6.07) is 11.1. The number of likely N-dealkylation sites (N-methyl/N-ethyl adjacent to an activating group) is 1. The summed E-state index contributed by atoms with van der Waals surface area (Å²) in [4.78, 5) is 51.7. The van der Waals surface area contributed by atoms with Crippen LogP contribution in [0, 0.1) is 11.8 Å². The average Bonchev–Trinajstić information content (AvgIpc) is 3.53. The molecule has 1 aromatic heterocycles. The Morgan fingerprint density at radius 1 is 1.19 bits per heavy atom. The van der Waals surface area contributed by atoms with Gasteiger partial charge in [0.05, 0.1) is 17.2 Å². The van der Waals surface area contributed by atoms with E-state index in [4.69, 9.17) is 4.98 Å². The molecule has 2 atom stereocenters. The molecule has 3 N–H and O–H groups in total. The number of hydrogen-bond donors (Lipinski definition) is 3. The number of para-hydroxylation sites is 1. The number of aliphatic hydroxyl groups is 1. The van der Waals surface area contributed by atoms with E-state index >= 15 is 0 Å². The minimum atomic E-state index is -0.444. The molecule has 0 bridgehead atoms. The molecule has 0 saturated carbocycles. The molecule has 3 fully saturated rings. The van der Waals surface area contributed by atoms with Crippen LogP contribution in [0.4, 0.5) is 27.0 Å². The maximum atomic E-state index is 12.7. The predicted octanol–water partition coefficient (Wildman–Crippen LogP) is 1.83. The zero-order valence-electron chi connectivity index (χ0n) is 19.8. The lowest BCUT2D eigenvalue weighted by Gasteiger charge is -2.24. The minimum Gasteiger partial charge on any atom is -0.395 e. The molecule has 4 heterocycles. The van der Waals surface area contributed by atoms with E-state index in [1.165, 1.54) is 0 Å². The zero-order chi connectivity index (χ0) is 25.2. The predicted molar refractivity (Wildman–Crippen MR) is 138 cm³/mol. The van der Waals surface area contributed by atoms with Crippen LogP contribution in [0.5, 0.6) is 0 Å². The van der Waals surface area contributed by atoms with Crippen molar-refractivity contribution in [2.75, 3.05) is 61.5 Å². The van der Waals surface area contributed by atoms with Crippen LogP contribution in [0.3, 0.4) is 0 Å². The van der Waals surface area contributed by atoms with E-state index in [1.54, 1.807) is 12.1 Å². The molecular weight excluding hydrogens is 482 g/mol. The minimum absolute atomic E-state index is 0.0340. The lowest BCUT2D eigenvalue weighted by molar-refractivity contribution is -0.115.